The van der Waals surface area contributed by atoms with E-state index in [1.165, 1.54) is 12.5 Å². The Labute approximate surface area is 162 Å². The highest BCUT2D eigenvalue weighted by Gasteiger charge is 2.33. The average Bonchev–Trinajstić information content (AvgIpc) is 2.74. The van der Waals surface area contributed by atoms with E-state index in [4.69, 9.17) is 4.74 Å². The number of carbonyl (C=O) groups excluding carboxylic acids is 2. The molecule has 3 N–H and O–H groups in total. The van der Waals surface area contributed by atoms with Gasteiger partial charge in [0.15, 0.2) is 0 Å². The van der Waals surface area contributed by atoms with E-state index < -0.39 is 6.10 Å². The number of ether oxygens (including phenoxy) is 1. The lowest BCUT2D eigenvalue weighted by Gasteiger charge is -2.36. The Morgan fingerprint density at radius 2 is 2.11 bits per heavy atom. The van der Waals surface area contributed by atoms with Crippen LogP contribution in [0.15, 0.2) is 43.1 Å². The van der Waals surface area contributed by atoms with E-state index in [0.29, 0.717) is 24.9 Å². The van der Waals surface area contributed by atoms with Crippen LogP contribution in [0.2, 0.25) is 0 Å². The van der Waals surface area contributed by atoms with Crippen LogP contribution in [0.25, 0.3) is 0 Å². The van der Waals surface area contributed by atoms with Crippen molar-refractivity contribution >= 4 is 11.8 Å². The smallest absolute Gasteiger partial charge is 0.253 e. The number of amides is 2. The third kappa shape index (κ3) is 5.54. The molecule has 0 aromatic carbocycles. The van der Waals surface area contributed by atoms with Crippen LogP contribution in [0.5, 0.6) is 0 Å². The molecule has 0 radical (unpaired) electrons. The molecule has 9 nitrogen and oxygen atoms in total. The summed E-state index contributed by atoms with van der Waals surface area (Å²) in [6.07, 6.45) is 6.65. The minimum atomic E-state index is -0.561. The standard InChI is InChI=1S/C19H23N5O4/c25-11-17-16(24-19(27)13-2-1-6-20-9-13)4-3-15(28-17)8-18(26)22-10-14-5-7-21-12-23-14/h1-2,5-7,9,12,15-17,25H,3-4,8,10-11H2,(H,22,26)(H,24,27)/t15-,16-,17+/m0/s1. The third-order valence-corrected chi connectivity index (χ3v) is 4.56. The van der Waals surface area contributed by atoms with Gasteiger partial charge in [0.25, 0.3) is 5.91 Å². The summed E-state index contributed by atoms with van der Waals surface area (Å²) in [5.74, 6) is -0.417. The van der Waals surface area contributed by atoms with E-state index in [-0.39, 0.29) is 37.0 Å². The minimum Gasteiger partial charge on any atom is -0.394 e. The van der Waals surface area contributed by atoms with Crippen LogP contribution in [0, 0.1) is 0 Å². The van der Waals surface area contributed by atoms with Crippen molar-refractivity contribution in [3.63, 3.8) is 0 Å². The Morgan fingerprint density at radius 1 is 1.21 bits per heavy atom. The number of aliphatic hydroxyl groups excluding tert-OH is 1. The van der Waals surface area contributed by atoms with E-state index >= 15 is 0 Å². The maximum Gasteiger partial charge on any atom is 0.253 e. The molecule has 9 heteroatoms. The van der Waals surface area contributed by atoms with Crippen molar-refractivity contribution in [1.29, 1.82) is 0 Å². The maximum absolute atomic E-state index is 12.3. The quantitative estimate of drug-likeness (QED) is 0.622. The van der Waals surface area contributed by atoms with Crippen molar-refractivity contribution in [1.82, 2.24) is 25.6 Å². The molecular weight excluding hydrogens is 362 g/mol. The van der Waals surface area contributed by atoms with Gasteiger partial charge in [0, 0.05) is 18.6 Å². The Balaban J connectivity index is 1.47. The number of carbonyl (C=O) groups is 2. The van der Waals surface area contributed by atoms with Crippen LogP contribution in [-0.2, 0) is 16.1 Å². The van der Waals surface area contributed by atoms with Gasteiger partial charge in [-0.2, -0.15) is 0 Å². The highest BCUT2D eigenvalue weighted by atomic mass is 16.5. The zero-order valence-electron chi connectivity index (χ0n) is 15.3. The minimum absolute atomic E-state index is 0.154. The predicted molar refractivity (Wildman–Crippen MR) is 99.0 cm³/mol. The molecule has 2 aromatic rings. The largest absolute Gasteiger partial charge is 0.394 e. The Morgan fingerprint density at radius 3 is 2.82 bits per heavy atom. The molecule has 1 fully saturated rings. The summed E-state index contributed by atoms with van der Waals surface area (Å²) in [4.78, 5) is 36.2. The second-order valence-corrected chi connectivity index (χ2v) is 6.56. The number of hydrogen-bond donors (Lipinski definition) is 3. The molecule has 28 heavy (non-hydrogen) atoms. The highest BCUT2D eigenvalue weighted by Crippen LogP contribution is 2.22. The molecule has 2 aromatic heterocycles. The molecule has 1 aliphatic rings. The fourth-order valence-corrected chi connectivity index (χ4v) is 3.09. The summed E-state index contributed by atoms with van der Waals surface area (Å²) in [7, 11) is 0. The average molecular weight is 385 g/mol. The zero-order chi connectivity index (χ0) is 19.8. The number of hydrogen-bond acceptors (Lipinski definition) is 7. The van der Waals surface area contributed by atoms with Crippen LogP contribution in [0.3, 0.4) is 0 Å². The molecule has 2 amide bonds. The highest BCUT2D eigenvalue weighted by molar-refractivity contribution is 5.94. The van der Waals surface area contributed by atoms with Crippen molar-refractivity contribution in [2.45, 2.75) is 44.1 Å². The molecule has 3 rings (SSSR count). The molecule has 148 valence electrons. The van der Waals surface area contributed by atoms with Gasteiger partial charge in [-0.1, -0.05) is 0 Å². The van der Waals surface area contributed by atoms with Crippen molar-refractivity contribution in [3.8, 4) is 0 Å². The number of aromatic nitrogens is 3. The summed E-state index contributed by atoms with van der Waals surface area (Å²) < 4.78 is 5.84. The second-order valence-electron chi connectivity index (χ2n) is 6.56. The fraction of sp³-hybridized carbons (Fsp3) is 0.421. The van der Waals surface area contributed by atoms with E-state index in [1.54, 1.807) is 30.6 Å². The molecule has 0 aliphatic carbocycles. The van der Waals surface area contributed by atoms with Crippen molar-refractivity contribution < 1.29 is 19.4 Å². The first kappa shape index (κ1) is 19.8. The third-order valence-electron chi connectivity index (χ3n) is 4.56. The van der Waals surface area contributed by atoms with Gasteiger partial charge in [-0.3, -0.25) is 14.6 Å². The Bertz CT molecular complexity index is 774. The van der Waals surface area contributed by atoms with Crippen LogP contribution in [-0.4, -0.2) is 56.7 Å². The summed E-state index contributed by atoms with van der Waals surface area (Å²) in [6.45, 7) is 0.0817. The van der Waals surface area contributed by atoms with Crippen molar-refractivity contribution in [2.75, 3.05) is 6.61 Å². The first-order valence-electron chi connectivity index (χ1n) is 9.14. The van der Waals surface area contributed by atoms with Gasteiger partial charge in [0.2, 0.25) is 5.91 Å². The lowest BCUT2D eigenvalue weighted by Crippen LogP contribution is -2.51. The lowest BCUT2D eigenvalue weighted by molar-refractivity contribution is -0.131. The van der Waals surface area contributed by atoms with Crippen LogP contribution in [0.1, 0.15) is 35.3 Å². The van der Waals surface area contributed by atoms with E-state index in [0.717, 1.165) is 5.69 Å². The first-order valence-corrected chi connectivity index (χ1v) is 9.14. The van der Waals surface area contributed by atoms with Gasteiger partial charge in [-0.05, 0) is 31.0 Å². The molecule has 0 bridgehead atoms. The molecule has 0 spiro atoms. The molecule has 3 heterocycles. The number of rotatable bonds is 7. The molecule has 1 aliphatic heterocycles. The molecule has 1 saturated heterocycles. The van der Waals surface area contributed by atoms with Crippen LogP contribution >= 0.6 is 0 Å². The monoisotopic (exact) mass is 385 g/mol. The Hall–Kier alpha value is -2.91. The van der Waals surface area contributed by atoms with E-state index in [9.17, 15) is 14.7 Å². The van der Waals surface area contributed by atoms with Gasteiger partial charge in [-0.15, -0.1) is 0 Å². The summed E-state index contributed by atoms with van der Waals surface area (Å²) in [5.41, 5.74) is 1.17. The summed E-state index contributed by atoms with van der Waals surface area (Å²) >= 11 is 0. The van der Waals surface area contributed by atoms with Crippen LogP contribution < -0.4 is 10.6 Å². The van der Waals surface area contributed by atoms with Gasteiger partial charge >= 0.3 is 0 Å². The lowest BCUT2D eigenvalue weighted by atomic mass is 9.96. The topological polar surface area (TPSA) is 126 Å². The number of aliphatic hydroxyl groups is 1. The van der Waals surface area contributed by atoms with Gasteiger partial charge in [-0.25, -0.2) is 9.97 Å². The maximum atomic E-state index is 12.3. The Kier molecular flexibility index (Phi) is 6.99. The molecule has 3 atom stereocenters. The predicted octanol–water partition coefficient (Wildman–Crippen LogP) is 0.216. The van der Waals surface area contributed by atoms with E-state index in [2.05, 4.69) is 25.6 Å². The fourth-order valence-electron chi connectivity index (χ4n) is 3.09. The summed E-state index contributed by atoms with van der Waals surface area (Å²) in [6, 6.07) is 4.77. The number of nitrogens with zero attached hydrogens (tertiary/aromatic N) is 3. The number of nitrogens with one attached hydrogen (secondary N) is 2. The first-order chi connectivity index (χ1) is 13.7. The molecule has 0 unspecified atom stereocenters. The SMILES string of the molecule is O=C(C[C@@H]1CC[C@H](NC(=O)c2cccnc2)[C@@H](CO)O1)NCc1ccncn1. The van der Waals surface area contributed by atoms with Crippen molar-refractivity contribution in [3.05, 3.63) is 54.4 Å². The van der Waals surface area contributed by atoms with Crippen molar-refractivity contribution in [2.24, 2.45) is 0 Å². The second kappa shape index (κ2) is 9.86. The zero-order valence-corrected chi connectivity index (χ0v) is 15.3. The van der Waals surface area contributed by atoms with E-state index in [1.807, 2.05) is 0 Å². The van der Waals surface area contributed by atoms with Gasteiger partial charge in [0.05, 0.1) is 43.0 Å². The van der Waals surface area contributed by atoms with Gasteiger partial charge < -0.3 is 20.5 Å². The number of pyridine rings is 1. The van der Waals surface area contributed by atoms with Gasteiger partial charge in [0.1, 0.15) is 12.4 Å². The molecule has 0 saturated carbocycles. The normalized spacial score (nSPS) is 21.7. The summed E-state index contributed by atoms with van der Waals surface area (Å²) in [5, 5.41) is 15.3. The molecular formula is C19H23N5O4. The van der Waals surface area contributed by atoms with Crippen LogP contribution in [0.4, 0.5) is 0 Å².